The molecule has 116 valence electrons. The molecule has 0 atom stereocenters. The molecule has 2 N–H and O–H groups in total. The molecule has 0 amide bonds. The van der Waals surface area contributed by atoms with Crippen molar-refractivity contribution in [2.24, 2.45) is 0 Å². The number of hydrogen-bond donors (Lipinski definition) is 2. The molecule has 0 fully saturated rings. The summed E-state index contributed by atoms with van der Waals surface area (Å²) in [4.78, 5) is 27.5. The van der Waals surface area contributed by atoms with Crippen molar-refractivity contribution in [3.05, 3.63) is 64.8 Å². The van der Waals surface area contributed by atoms with Crippen LogP contribution in [0.25, 0.3) is 10.9 Å². The molecule has 0 bridgehead atoms. The van der Waals surface area contributed by atoms with E-state index in [2.05, 4.69) is 4.98 Å². The monoisotopic (exact) mass is 309 g/mol. The Hall–Kier alpha value is -3.08. The van der Waals surface area contributed by atoms with Crippen LogP contribution in [-0.4, -0.2) is 29.0 Å². The molecule has 0 aliphatic heterocycles. The first-order chi connectivity index (χ1) is 11.0. The lowest BCUT2D eigenvalue weighted by atomic mass is 9.96. The number of benzene rings is 2. The molecule has 5 nitrogen and oxygen atoms in total. The topological polar surface area (TPSA) is 79.4 Å². The Labute approximate surface area is 132 Å². The molecular weight excluding hydrogens is 294 g/mol. The number of hydrogen-bond acceptors (Lipinski definition) is 3. The number of carboxylic acids is 1. The van der Waals surface area contributed by atoms with Gasteiger partial charge >= 0.3 is 5.97 Å². The summed E-state index contributed by atoms with van der Waals surface area (Å²) in [5.41, 5.74) is 2.13. The number of aryl methyl sites for hydroxylation is 1. The smallest absolute Gasteiger partial charge is 0.336 e. The number of H-pyrrole nitrogens is 1. The first-order valence-corrected chi connectivity index (χ1v) is 7.06. The summed E-state index contributed by atoms with van der Waals surface area (Å²) in [5, 5.41) is 10.0. The third-order valence-electron chi connectivity index (χ3n) is 3.82. The Kier molecular flexibility index (Phi) is 3.62. The first-order valence-electron chi connectivity index (χ1n) is 7.06. The van der Waals surface area contributed by atoms with Crippen LogP contribution in [0, 0.1) is 6.92 Å². The van der Waals surface area contributed by atoms with Gasteiger partial charge in [-0.3, -0.25) is 4.79 Å². The van der Waals surface area contributed by atoms with E-state index in [-0.39, 0.29) is 16.9 Å². The predicted octanol–water partition coefficient (Wildman–Crippen LogP) is 3.41. The standard InChI is InChI=1S/C18H15NO4/c1-10-16(14-9-11(23-2)7-8-15(14)19-10)17(20)12-5-3-4-6-13(12)18(21)22/h3-9,19H,1-2H3,(H,21,22). The van der Waals surface area contributed by atoms with Crippen LogP contribution in [0.1, 0.15) is 32.0 Å². The Morgan fingerprint density at radius 1 is 1.09 bits per heavy atom. The predicted molar refractivity (Wildman–Crippen MR) is 86.4 cm³/mol. The lowest BCUT2D eigenvalue weighted by Crippen LogP contribution is -2.10. The van der Waals surface area contributed by atoms with Crippen LogP contribution in [0.15, 0.2) is 42.5 Å². The maximum absolute atomic E-state index is 12.9. The van der Waals surface area contributed by atoms with Crippen molar-refractivity contribution in [1.29, 1.82) is 0 Å². The normalized spacial score (nSPS) is 10.7. The summed E-state index contributed by atoms with van der Waals surface area (Å²) in [6.07, 6.45) is 0. The third-order valence-corrected chi connectivity index (χ3v) is 3.82. The minimum atomic E-state index is -1.12. The number of ketones is 1. The van der Waals surface area contributed by atoms with Crippen molar-refractivity contribution in [3.8, 4) is 5.75 Å². The molecule has 3 aromatic rings. The summed E-state index contributed by atoms with van der Waals surface area (Å²) in [5.74, 6) is -0.805. The molecule has 0 radical (unpaired) electrons. The van der Waals surface area contributed by atoms with E-state index in [1.54, 1.807) is 38.3 Å². The van der Waals surface area contributed by atoms with Crippen molar-refractivity contribution in [1.82, 2.24) is 4.98 Å². The summed E-state index contributed by atoms with van der Waals surface area (Å²) in [7, 11) is 1.56. The van der Waals surface area contributed by atoms with E-state index >= 15 is 0 Å². The van der Waals surface area contributed by atoms with E-state index in [4.69, 9.17) is 4.74 Å². The molecule has 23 heavy (non-hydrogen) atoms. The lowest BCUT2D eigenvalue weighted by Gasteiger charge is -2.06. The number of aromatic carboxylic acids is 1. The molecule has 1 heterocycles. The van der Waals surface area contributed by atoms with Gasteiger partial charge in [-0.25, -0.2) is 4.79 Å². The van der Waals surface area contributed by atoms with Crippen LogP contribution in [0.5, 0.6) is 5.75 Å². The van der Waals surface area contributed by atoms with Crippen molar-refractivity contribution in [2.75, 3.05) is 7.11 Å². The summed E-state index contributed by atoms with van der Waals surface area (Å²) < 4.78 is 5.21. The quantitative estimate of drug-likeness (QED) is 0.724. The number of carboxylic acid groups (broad SMARTS) is 1. The lowest BCUT2D eigenvalue weighted by molar-refractivity contribution is 0.0693. The second kappa shape index (κ2) is 5.61. The van der Waals surface area contributed by atoms with Crippen molar-refractivity contribution < 1.29 is 19.4 Å². The van der Waals surface area contributed by atoms with Crippen molar-refractivity contribution in [2.45, 2.75) is 6.92 Å². The van der Waals surface area contributed by atoms with Crippen LogP contribution >= 0.6 is 0 Å². The molecule has 2 aromatic carbocycles. The number of rotatable bonds is 4. The number of nitrogens with one attached hydrogen (secondary N) is 1. The highest BCUT2D eigenvalue weighted by Gasteiger charge is 2.22. The van der Waals surface area contributed by atoms with Gasteiger partial charge in [-0.15, -0.1) is 0 Å². The number of carbonyl (C=O) groups is 2. The van der Waals surface area contributed by atoms with Gasteiger partial charge < -0.3 is 14.8 Å². The van der Waals surface area contributed by atoms with Crippen molar-refractivity contribution in [3.63, 3.8) is 0 Å². The van der Waals surface area contributed by atoms with Crippen LogP contribution in [-0.2, 0) is 0 Å². The molecule has 3 rings (SSSR count). The SMILES string of the molecule is COc1ccc2[nH]c(C)c(C(=O)c3ccccc3C(=O)O)c2c1. The van der Waals surface area contributed by atoms with E-state index < -0.39 is 5.97 Å². The third kappa shape index (κ3) is 2.46. The molecule has 0 spiro atoms. The number of methoxy groups -OCH3 is 1. The zero-order chi connectivity index (χ0) is 16.6. The Morgan fingerprint density at radius 2 is 1.78 bits per heavy atom. The highest BCUT2D eigenvalue weighted by atomic mass is 16.5. The van der Waals surface area contributed by atoms with Gasteiger partial charge in [0.05, 0.1) is 18.2 Å². The molecule has 0 aliphatic carbocycles. The van der Waals surface area contributed by atoms with E-state index in [1.807, 2.05) is 6.07 Å². The van der Waals surface area contributed by atoms with Crippen LogP contribution in [0.3, 0.4) is 0 Å². The average molecular weight is 309 g/mol. The molecule has 5 heteroatoms. The number of fused-ring (bicyclic) bond motifs is 1. The second-order valence-corrected chi connectivity index (χ2v) is 5.22. The van der Waals surface area contributed by atoms with Gasteiger partial charge in [-0.05, 0) is 31.2 Å². The highest BCUT2D eigenvalue weighted by Crippen LogP contribution is 2.29. The summed E-state index contributed by atoms with van der Waals surface area (Å²) in [6.45, 7) is 1.79. The van der Waals surface area contributed by atoms with E-state index in [1.165, 1.54) is 12.1 Å². The zero-order valence-electron chi connectivity index (χ0n) is 12.7. The van der Waals surface area contributed by atoms with Gasteiger partial charge in [0, 0.05) is 22.2 Å². The fourth-order valence-corrected chi connectivity index (χ4v) is 2.73. The largest absolute Gasteiger partial charge is 0.497 e. The summed E-state index contributed by atoms with van der Waals surface area (Å²) in [6, 6.07) is 11.6. The van der Waals surface area contributed by atoms with Crippen LogP contribution in [0.2, 0.25) is 0 Å². The van der Waals surface area contributed by atoms with Gasteiger partial charge in [0.2, 0.25) is 0 Å². The Balaban J connectivity index is 2.22. The number of aromatic amines is 1. The van der Waals surface area contributed by atoms with E-state index in [0.29, 0.717) is 22.4 Å². The fourth-order valence-electron chi connectivity index (χ4n) is 2.73. The molecule has 0 saturated heterocycles. The van der Waals surface area contributed by atoms with Crippen LogP contribution < -0.4 is 4.74 Å². The highest BCUT2D eigenvalue weighted by molar-refractivity contribution is 6.20. The van der Waals surface area contributed by atoms with E-state index in [9.17, 15) is 14.7 Å². The van der Waals surface area contributed by atoms with Crippen LogP contribution in [0.4, 0.5) is 0 Å². The van der Waals surface area contributed by atoms with Gasteiger partial charge in [-0.1, -0.05) is 18.2 Å². The number of ether oxygens (including phenoxy) is 1. The fraction of sp³-hybridized carbons (Fsp3) is 0.111. The Bertz CT molecular complexity index is 924. The first kappa shape index (κ1) is 14.8. The maximum Gasteiger partial charge on any atom is 0.336 e. The molecule has 0 aliphatic rings. The van der Waals surface area contributed by atoms with Gasteiger partial charge in [0.1, 0.15) is 5.75 Å². The molecular formula is C18H15NO4. The number of aromatic nitrogens is 1. The van der Waals surface area contributed by atoms with Gasteiger partial charge in [0.25, 0.3) is 0 Å². The van der Waals surface area contributed by atoms with Crippen molar-refractivity contribution >= 4 is 22.7 Å². The molecule has 0 saturated carbocycles. The minimum absolute atomic E-state index is 0.00542. The van der Waals surface area contributed by atoms with Gasteiger partial charge in [0.15, 0.2) is 5.78 Å². The number of carbonyl (C=O) groups excluding carboxylic acids is 1. The summed E-state index contributed by atoms with van der Waals surface area (Å²) >= 11 is 0. The second-order valence-electron chi connectivity index (χ2n) is 5.22. The minimum Gasteiger partial charge on any atom is -0.497 e. The Morgan fingerprint density at radius 3 is 2.43 bits per heavy atom. The van der Waals surface area contributed by atoms with Gasteiger partial charge in [-0.2, -0.15) is 0 Å². The molecule has 1 aromatic heterocycles. The zero-order valence-corrected chi connectivity index (χ0v) is 12.7. The van der Waals surface area contributed by atoms with E-state index in [0.717, 1.165) is 5.52 Å². The molecule has 0 unspecified atom stereocenters. The maximum atomic E-state index is 12.9. The average Bonchev–Trinajstić information content (AvgIpc) is 2.88.